The minimum atomic E-state index is 0.258. The third-order valence-electron chi connectivity index (χ3n) is 3.94. The molecular weight excluding hydrogens is 242 g/mol. The fourth-order valence-electron chi connectivity index (χ4n) is 2.36. The number of nitrogens with two attached hydrogens (primary N) is 1. The highest BCUT2D eigenvalue weighted by atomic mass is 16.5. The van der Waals surface area contributed by atoms with Gasteiger partial charge in [-0.15, -0.1) is 5.10 Å². The molecule has 0 aromatic carbocycles. The molecule has 1 saturated heterocycles. The molecule has 1 aliphatic rings. The molecule has 0 amide bonds. The number of H-pyrrole nitrogens is 1. The van der Waals surface area contributed by atoms with Gasteiger partial charge < -0.3 is 15.4 Å². The molecule has 0 spiro atoms. The number of piperidine rings is 1. The first-order valence-electron chi connectivity index (χ1n) is 7.12. The van der Waals surface area contributed by atoms with Gasteiger partial charge in [-0.1, -0.05) is 0 Å². The number of hydrogen-bond donors (Lipinski definition) is 2. The van der Waals surface area contributed by atoms with Crippen molar-refractivity contribution in [1.82, 2.24) is 15.2 Å². The Kier molecular flexibility index (Phi) is 5.15. The zero-order valence-corrected chi connectivity index (χ0v) is 11.9. The molecule has 6 heteroatoms. The van der Waals surface area contributed by atoms with E-state index in [1.165, 1.54) is 0 Å². The molecule has 2 rings (SSSR count). The highest BCUT2D eigenvalue weighted by Gasteiger charge is 2.20. The molecule has 1 atom stereocenters. The summed E-state index contributed by atoms with van der Waals surface area (Å²) in [6, 6.07) is 0. The number of aromatic nitrogens is 3. The Labute approximate surface area is 114 Å². The molecule has 1 unspecified atom stereocenters. The molecule has 0 radical (unpaired) electrons. The third kappa shape index (κ3) is 3.91. The topological polar surface area (TPSA) is 80.1 Å². The van der Waals surface area contributed by atoms with E-state index >= 15 is 0 Å². The second kappa shape index (κ2) is 6.86. The molecule has 19 heavy (non-hydrogen) atoms. The lowest BCUT2D eigenvalue weighted by atomic mass is 9.97. The van der Waals surface area contributed by atoms with E-state index < -0.39 is 0 Å². The normalized spacial score (nSPS) is 18.8. The predicted molar refractivity (Wildman–Crippen MR) is 75.2 cm³/mol. The minimum Gasteiger partial charge on any atom is -0.382 e. The van der Waals surface area contributed by atoms with Gasteiger partial charge in [0.05, 0.1) is 6.10 Å². The van der Waals surface area contributed by atoms with Gasteiger partial charge in [-0.2, -0.15) is 4.98 Å². The second-order valence-electron chi connectivity index (χ2n) is 5.33. The van der Waals surface area contributed by atoms with Gasteiger partial charge in [-0.05, 0) is 38.6 Å². The first kappa shape index (κ1) is 14.3. The van der Waals surface area contributed by atoms with Gasteiger partial charge in [0.2, 0.25) is 5.95 Å². The third-order valence-corrected chi connectivity index (χ3v) is 3.94. The van der Waals surface area contributed by atoms with Crippen molar-refractivity contribution < 1.29 is 4.74 Å². The smallest absolute Gasteiger partial charge is 0.244 e. The molecule has 3 N–H and O–H groups in total. The average Bonchev–Trinajstić information content (AvgIpc) is 2.93. The molecule has 1 aromatic rings. The zero-order valence-electron chi connectivity index (χ0n) is 11.9. The number of rotatable bonds is 6. The van der Waals surface area contributed by atoms with E-state index in [4.69, 9.17) is 10.5 Å². The quantitative estimate of drug-likeness (QED) is 0.802. The van der Waals surface area contributed by atoms with Gasteiger partial charge in [-0.3, -0.25) is 5.10 Å². The van der Waals surface area contributed by atoms with Crippen molar-refractivity contribution in [2.75, 3.05) is 31.6 Å². The van der Waals surface area contributed by atoms with Crippen LogP contribution in [0.2, 0.25) is 0 Å². The van der Waals surface area contributed by atoms with Crippen molar-refractivity contribution in [2.45, 2.75) is 38.7 Å². The predicted octanol–water partition coefficient (Wildman–Crippen LogP) is 0.947. The molecule has 0 saturated carbocycles. The summed E-state index contributed by atoms with van der Waals surface area (Å²) < 4.78 is 5.23. The lowest BCUT2D eigenvalue weighted by Crippen LogP contribution is -2.36. The number of anilines is 1. The van der Waals surface area contributed by atoms with E-state index in [-0.39, 0.29) is 6.10 Å². The molecule has 6 nitrogen and oxygen atoms in total. The maximum atomic E-state index is 5.70. The number of nitrogens with one attached hydrogen (secondary N) is 1. The maximum absolute atomic E-state index is 5.70. The zero-order chi connectivity index (χ0) is 13.7. The van der Waals surface area contributed by atoms with Crippen LogP contribution >= 0.6 is 0 Å². The van der Waals surface area contributed by atoms with Crippen molar-refractivity contribution in [3.05, 3.63) is 5.82 Å². The fraction of sp³-hybridized carbons (Fsp3) is 0.846. The minimum absolute atomic E-state index is 0.258. The number of aryl methyl sites for hydroxylation is 1. The summed E-state index contributed by atoms with van der Waals surface area (Å²) in [5.41, 5.74) is 5.70. The van der Waals surface area contributed by atoms with Crippen molar-refractivity contribution in [3.8, 4) is 0 Å². The van der Waals surface area contributed by atoms with Gasteiger partial charge in [0.25, 0.3) is 0 Å². The van der Waals surface area contributed by atoms with Crippen molar-refractivity contribution in [3.63, 3.8) is 0 Å². The van der Waals surface area contributed by atoms with Crippen LogP contribution in [0.15, 0.2) is 0 Å². The van der Waals surface area contributed by atoms with Crippen LogP contribution in [0.3, 0.4) is 0 Å². The van der Waals surface area contributed by atoms with Gasteiger partial charge in [0.1, 0.15) is 5.82 Å². The van der Waals surface area contributed by atoms with Gasteiger partial charge in [0, 0.05) is 26.6 Å². The number of methoxy groups -OCH3 is 1. The Morgan fingerprint density at radius 2 is 2.21 bits per heavy atom. The highest BCUT2D eigenvalue weighted by molar-refractivity contribution is 5.29. The van der Waals surface area contributed by atoms with E-state index in [9.17, 15) is 0 Å². The van der Waals surface area contributed by atoms with E-state index in [2.05, 4.69) is 27.0 Å². The standard InChI is InChI=1S/C13H25N5O/c1-10(19-2)3-4-12-15-13(17-16-12)18-7-5-11(9-14)6-8-18/h10-11H,3-9,14H2,1-2H3,(H,15,16,17). The summed E-state index contributed by atoms with van der Waals surface area (Å²) in [6.45, 7) is 4.87. The molecule has 1 aliphatic heterocycles. The average molecular weight is 267 g/mol. The van der Waals surface area contributed by atoms with Crippen LogP contribution in [-0.2, 0) is 11.2 Å². The van der Waals surface area contributed by atoms with Crippen LogP contribution in [0.1, 0.15) is 32.0 Å². The van der Waals surface area contributed by atoms with Crippen molar-refractivity contribution >= 4 is 5.95 Å². The van der Waals surface area contributed by atoms with E-state index in [1.807, 2.05) is 0 Å². The van der Waals surface area contributed by atoms with Crippen LogP contribution in [0.5, 0.6) is 0 Å². The molecule has 0 aliphatic carbocycles. The first-order chi connectivity index (χ1) is 9.22. The highest BCUT2D eigenvalue weighted by Crippen LogP contribution is 2.19. The Morgan fingerprint density at radius 3 is 2.84 bits per heavy atom. The second-order valence-corrected chi connectivity index (χ2v) is 5.33. The van der Waals surface area contributed by atoms with Crippen LogP contribution < -0.4 is 10.6 Å². The number of nitrogens with zero attached hydrogens (tertiary/aromatic N) is 3. The molecular formula is C13H25N5O. The van der Waals surface area contributed by atoms with E-state index in [1.54, 1.807) is 7.11 Å². The first-order valence-corrected chi connectivity index (χ1v) is 7.12. The number of ether oxygens (including phenoxy) is 1. The lowest BCUT2D eigenvalue weighted by Gasteiger charge is -2.30. The lowest BCUT2D eigenvalue weighted by molar-refractivity contribution is 0.111. The summed E-state index contributed by atoms with van der Waals surface area (Å²) in [6.07, 6.45) is 4.37. The number of hydrogen-bond acceptors (Lipinski definition) is 5. The maximum Gasteiger partial charge on any atom is 0.244 e. The van der Waals surface area contributed by atoms with E-state index in [0.717, 1.165) is 57.1 Å². The largest absolute Gasteiger partial charge is 0.382 e. The van der Waals surface area contributed by atoms with E-state index in [0.29, 0.717) is 5.92 Å². The molecule has 0 bridgehead atoms. The van der Waals surface area contributed by atoms with Crippen LogP contribution in [0.4, 0.5) is 5.95 Å². The monoisotopic (exact) mass is 267 g/mol. The Balaban J connectivity index is 1.83. The summed E-state index contributed by atoms with van der Waals surface area (Å²) in [5.74, 6) is 2.44. The molecule has 1 fully saturated rings. The number of aromatic amines is 1. The molecule has 108 valence electrons. The Hall–Kier alpha value is -1.14. The van der Waals surface area contributed by atoms with Crippen molar-refractivity contribution in [1.29, 1.82) is 0 Å². The molecule has 1 aromatic heterocycles. The van der Waals surface area contributed by atoms with Crippen LogP contribution in [-0.4, -0.2) is 48.0 Å². The van der Waals surface area contributed by atoms with Gasteiger partial charge in [0.15, 0.2) is 0 Å². The van der Waals surface area contributed by atoms with Crippen LogP contribution in [0, 0.1) is 5.92 Å². The summed E-state index contributed by atoms with van der Waals surface area (Å²) >= 11 is 0. The SMILES string of the molecule is COC(C)CCc1nc(N2CCC(CN)CC2)n[nH]1. The van der Waals surface area contributed by atoms with Gasteiger partial charge >= 0.3 is 0 Å². The summed E-state index contributed by atoms with van der Waals surface area (Å²) in [5, 5.41) is 7.34. The Bertz CT molecular complexity index is 373. The fourth-order valence-corrected chi connectivity index (χ4v) is 2.36. The van der Waals surface area contributed by atoms with Crippen molar-refractivity contribution in [2.24, 2.45) is 11.7 Å². The van der Waals surface area contributed by atoms with Crippen LogP contribution in [0.25, 0.3) is 0 Å². The van der Waals surface area contributed by atoms with Gasteiger partial charge in [-0.25, -0.2) is 0 Å². The summed E-state index contributed by atoms with van der Waals surface area (Å²) in [4.78, 5) is 6.81. The molecule has 2 heterocycles. The Morgan fingerprint density at radius 1 is 1.47 bits per heavy atom. The summed E-state index contributed by atoms with van der Waals surface area (Å²) in [7, 11) is 1.73.